The second kappa shape index (κ2) is 1.59. The molecule has 2 unspecified atom stereocenters. The third kappa shape index (κ3) is 0.638. The van der Waals surface area contributed by atoms with Crippen molar-refractivity contribution in [3.8, 4) is 0 Å². The minimum absolute atomic E-state index is 0.448. The molecule has 1 aliphatic heterocycles. The first-order valence-electron chi connectivity index (χ1n) is 3.79. The first-order valence-corrected chi connectivity index (χ1v) is 3.79. The van der Waals surface area contributed by atoms with Crippen LogP contribution in [0.25, 0.3) is 0 Å². The number of hydrogen-bond donors (Lipinski definition) is 1. The minimum atomic E-state index is -0.994. The highest BCUT2D eigenvalue weighted by Crippen LogP contribution is 2.54. The molecule has 11 heavy (non-hydrogen) atoms. The van der Waals surface area contributed by atoms with Crippen LogP contribution < -0.4 is 0 Å². The zero-order valence-corrected chi connectivity index (χ0v) is 7.01. The second-order valence-corrected chi connectivity index (χ2v) is 3.49. The third-order valence-electron chi connectivity index (χ3n) is 2.74. The molecule has 2 rings (SSSR count). The number of aliphatic hydroxyl groups is 1. The molecule has 2 atom stereocenters. The Hall–Kier alpha value is -0.600. The fourth-order valence-electron chi connectivity index (χ4n) is 1.55. The van der Waals surface area contributed by atoms with Gasteiger partial charge in [-0.25, -0.2) is 0 Å². The quantitative estimate of drug-likeness (QED) is 0.532. The molecule has 0 amide bonds. The molecule has 1 saturated heterocycles. The van der Waals surface area contributed by atoms with Crippen LogP contribution in [0.15, 0.2) is 23.3 Å². The lowest BCUT2D eigenvalue weighted by atomic mass is 9.90. The van der Waals surface area contributed by atoms with Crippen LogP contribution >= 0.6 is 0 Å². The largest absolute Gasteiger partial charge is 0.360 e. The highest BCUT2D eigenvalue weighted by Gasteiger charge is 2.67. The van der Waals surface area contributed by atoms with Crippen LogP contribution in [0.1, 0.15) is 20.8 Å². The van der Waals surface area contributed by atoms with Crippen LogP contribution in [0.2, 0.25) is 0 Å². The Morgan fingerprint density at radius 2 is 2.09 bits per heavy atom. The highest BCUT2D eigenvalue weighted by atomic mass is 16.7. The van der Waals surface area contributed by atoms with E-state index in [0.29, 0.717) is 0 Å². The lowest BCUT2D eigenvalue weighted by molar-refractivity contribution is 0.0704. The first kappa shape index (κ1) is 7.07. The lowest BCUT2D eigenvalue weighted by Gasteiger charge is -2.15. The molecule has 0 bridgehead atoms. The molecule has 2 nitrogen and oxygen atoms in total. The van der Waals surface area contributed by atoms with E-state index in [1.807, 2.05) is 32.9 Å². The van der Waals surface area contributed by atoms with Gasteiger partial charge in [-0.3, -0.25) is 0 Å². The molecule has 1 heterocycles. The van der Waals surface area contributed by atoms with Crippen LogP contribution in [0.4, 0.5) is 0 Å². The average molecular weight is 152 g/mol. The van der Waals surface area contributed by atoms with Gasteiger partial charge in [0.25, 0.3) is 0 Å². The van der Waals surface area contributed by atoms with Gasteiger partial charge in [-0.05, 0) is 38.0 Å². The summed E-state index contributed by atoms with van der Waals surface area (Å²) >= 11 is 0. The molecule has 60 valence electrons. The average Bonchev–Trinajstić information content (AvgIpc) is 2.50. The van der Waals surface area contributed by atoms with Gasteiger partial charge in [-0.2, -0.15) is 0 Å². The minimum Gasteiger partial charge on any atom is -0.360 e. The van der Waals surface area contributed by atoms with E-state index in [1.165, 1.54) is 0 Å². The van der Waals surface area contributed by atoms with Gasteiger partial charge in [0.1, 0.15) is 5.60 Å². The van der Waals surface area contributed by atoms with Crippen molar-refractivity contribution in [3.63, 3.8) is 0 Å². The molecule has 0 aromatic carbocycles. The Morgan fingerprint density at radius 1 is 1.45 bits per heavy atom. The molecule has 0 aromatic heterocycles. The van der Waals surface area contributed by atoms with E-state index in [2.05, 4.69) is 0 Å². The molecule has 2 aliphatic rings. The number of ether oxygens (including phenoxy) is 1. The highest BCUT2D eigenvalue weighted by molar-refractivity contribution is 5.44. The predicted octanol–water partition coefficient (Wildman–Crippen LogP) is 1.37. The fourth-order valence-corrected chi connectivity index (χ4v) is 1.55. The van der Waals surface area contributed by atoms with E-state index >= 15 is 0 Å². The normalized spacial score (nSPS) is 47.6. The summed E-state index contributed by atoms with van der Waals surface area (Å²) in [6, 6.07) is 0. The van der Waals surface area contributed by atoms with E-state index in [1.54, 1.807) is 0 Å². The maximum Gasteiger partial charge on any atom is 0.223 e. The van der Waals surface area contributed by atoms with Gasteiger partial charge in [0.05, 0.1) is 0 Å². The van der Waals surface area contributed by atoms with Crippen LogP contribution in [0, 0.1) is 0 Å². The molecule has 1 fully saturated rings. The smallest absolute Gasteiger partial charge is 0.223 e. The summed E-state index contributed by atoms with van der Waals surface area (Å²) in [5, 5.41) is 9.82. The summed E-state index contributed by atoms with van der Waals surface area (Å²) in [4.78, 5) is 0. The number of allylic oxidation sites excluding steroid dienone is 2. The first-order chi connectivity index (χ1) is 5.00. The zero-order chi connectivity index (χ0) is 8.28. The summed E-state index contributed by atoms with van der Waals surface area (Å²) in [6.07, 6.45) is 3.91. The van der Waals surface area contributed by atoms with Crippen molar-refractivity contribution >= 4 is 0 Å². The molecule has 0 saturated carbocycles. The van der Waals surface area contributed by atoms with Gasteiger partial charge in [0.15, 0.2) is 0 Å². The molecule has 0 radical (unpaired) electrons. The molecular weight excluding hydrogens is 140 g/mol. The lowest BCUT2D eigenvalue weighted by Crippen LogP contribution is -2.25. The Balaban J connectivity index is 2.49. The number of rotatable bonds is 0. The molecule has 0 spiro atoms. The third-order valence-corrected chi connectivity index (χ3v) is 2.74. The van der Waals surface area contributed by atoms with E-state index in [0.717, 1.165) is 11.1 Å². The summed E-state index contributed by atoms with van der Waals surface area (Å²) in [5.74, 6) is -0.994. The second-order valence-electron chi connectivity index (χ2n) is 3.49. The van der Waals surface area contributed by atoms with Crippen LogP contribution in [-0.4, -0.2) is 16.5 Å². The van der Waals surface area contributed by atoms with Crippen molar-refractivity contribution in [1.29, 1.82) is 0 Å². The molecule has 0 aromatic rings. The molecule has 1 aliphatic carbocycles. The van der Waals surface area contributed by atoms with Gasteiger partial charge >= 0.3 is 0 Å². The van der Waals surface area contributed by atoms with Gasteiger partial charge < -0.3 is 9.84 Å². The van der Waals surface area contributed by atoms with Crippen molar-refractivity contribution in [1.82, 2.24) is 0 Å². The van der Waals surface area contributed by atoms with E-state index in [4.69, 9.17) is 4.74 Å². The predicted molar refractivity (Wildman–Crippen MR) is 42.0 cm³/mol. The summed E-state index contributed by atoms with van der Waals surface area (Å²) in [5.41, 5.74) is 1.58. The van der Waals surface area contributed by atoms with E-state index in [-0.39, 0.29) is 0 Å². The fraction of sp³-hybridized carbons (Fsp3) is 0.556. The topological polar surface area (TPSA) is 32.8 Å². The van der Waals surface area contributed by atoms with Crippen LogP contribution in [0.3, 0.4) is 0 Å². The van der Waals surface area contributed by atoms with Gasteiger partial charge in [0.2, 0.25) is 5.79 Å². The standard InChI is InChI=1S/C9H12O2/c1-6-4-5-8(3)9(10,11-8)7(6)2/h4-5,10H,1-3H3. The van der Waals surface area contributed by atoms with E-state index in [9.17, 15) is 5.11 Å². The van der Waals surface area contributed by atoms with Crippen LogP contribution in [-0.2, 0) is 4.74 Å². The summed E-state index contributed by atoms with van der Waals surface area (Å²) < 4.78 is 5.25. The monoisotopic (exact) mass is 152 g/mol. The number of epoxide rings is 1. The Labute approximate surface area is 66.2 Å². The zero-order valence-electron chi connectivity index (χ0n) is 7.01. The van der Waals surface area contributed by atoms with Crippen molar-refractivity contribution in [2.75, 3.05) is 0 Å². The SMILES string of the molecule is CC1=C(C)C2(O)OC2(C)C=C1. The van der Waals surface area contributed by atoms with Gasteiger partial charge in [-0.15, -0.1) is 0 Å². The maximum absolute atomic E-state index is 9.82. The van der Waals surface area contributed by atoms with Gasteiger partial charge in [-0.1, -0.05) is 6.08 Å². The maximum atomic E-state index is 9.82. The van der Waals surface area contributed by atoms with Crippen LogP contribution in [0.5, 0.6) is 0 Å². The van der Waals surface area contributed by atoms with Crippen molar-refractivity contribution in [3.05, 3.63) is 23.3 Å². The Morgan fingerprint density at radius 3 is 2.64 bits per heavy atom. The summed E-state index contributed by atoms with van der Waals surface area (Å²) in [7, 11) is 0. The van der Waals surface area contributed by atoms with E-state index < -0.39 is 11.4 Å². The molecule has 1 N–H and O–H groups in total. The molecular formula is C9H12O2. The number of hydrogen-bond acceptors (Lipinski definition) is 2. The van der Waals surface area contributed by atoms with Crippen molar-refractivity contribution < 1.29 is 9.84 Å². The number of fused-ring (bicyclic) bond motifs is 1. The Bertz CT molecular complexity index is 277. The summed E-state index contributed by atoms with van der Waals surface area (Å²) in [6.45, 7) is 5.77. The Kier molecular flexibility index (Phi) is 1.02. The van der Waals surface area contributed by atoms with Gasteiger partial charge in [0, 0.05) is 0 Å². The van der Waals surface area contributed by atoms with Crippen molar-refractivity contribution in [2.45, 2.75) is 32.2 Å². The van der Waals surface area contributed by atoms with Crippen molar-refractivity contribution in [2.24, 2.45) is 0 Å². The molecule has 2 heteroatoms.